The summed E-state index contributed by atoms with van der Waals surface area (Å²) >= 11 is 0. The lowest BCUT2D eigenvalue weighted by atomic mass is 10.0. The Balaban J connectivity index is 2.45. The summed E-state index contributed by atoms with van der Waals surface area (Å²) in [7, 11) is -1.78. The quantitative estimate of drug-likeness (QED) is 0.833. The van der Waals surface area contributed by atoms with Crippen LogP contribution in [0.4, 0.5) is 0 Å². The van der Waals surface area contributed by atoms with Crippen molar-refractivity contribution in [1.29, 1.82) is 5.26 Å². The number of hydrogen-bond donors (Lipinski definition) is 0. The van der Waals surface area contributed by atoms with Crippen molar-refractivity contribution < 1.29 is 13.2 Å². The van der Waals surface area contributed by atoms with E-state index in [0.717, 1.165) is 11.1 Å². The maximum Gasteiger partial charge on any atom is 0.155 e. The van der Waals surface area contributed by atoms with Crippen LogP contribution in [0, 0.1) is 23.7 Å². The molecular formula is C15H19NO3S. The Morgan fingerprint density at radius 2 is 1.95 bits per heavy atom. The van der Waals surface area contributed by atoms with Gasteiger partial charge < -0.3 is 4.74 Å². The molecule has 20 heavy (non-hydrogen) atoms. The van der Waals surface area contributed by atoms with Crippen LogP contribution in [0.3, 0.4) is 0 Å². The van der Waals surface area contributed by atoms with Gasteiger partial charge in [0.1, 0.15) is 5.41 Å². The highest BCUT2D eigenvalue weighted by Crippen LogP contribution is 2.62. The fourth-order valence-electron chi connectivity index (χ4n) is 2.93. The molecule has 0 saturated heterocycles. The third-order valence-corrected chi connectivity index (χ3v) is 6.34. The van der Waals surface area contributed by atoms with Gasteiger partial charge in [-0.2, -0.15) is 5.26 Å². The number of sulfone groups is 1. The molecule has 3 atom stereocenters. The monoisotopic (exact) mass is 293 g/mol. The molecule has 4 nitrogen and oxygen atoms in total. The van der Waals surface area contributed by atoms with Crippen LogP contribution < -0.4 is 0 Å². The van der Waals surface area contributed by atoms with E-state index in [1.165, 1.54) is 7.11 Å². The van der Waals surface area contributed by atoms with Crippen LogP contribution in [0.1, 0.15) is 24.0 Å². The molecule has 0 aromatic heterocycles. The van der Waals surface area contributed by atoms with Crippen LogP contribution >= 0.6 is 0 Å². The van der Waals surface area contributed by atoms with Crippen molar-refractivity contribution in [3.8, 4) is 6.07 Å². The van der Waals surface area contributed by atoms with Crippen LogP contribution in [0.25, 0.3) is 0 Å². The number of nitriles is 1. The van der Waals surface area contributed by atoms with Gasteiger partial charge in [-0.3, -0.25) is 0 Å². The summed E-state index contributed by atoms with van der Waals surface area (Å²) in [6.45, 7) is 3.74. The molecular weight excluding hydrogens is 274 g/mol. The summed E-state index contributed by atoms with van der Waals surface area (Å²) in [5.74, 6) is -0.245. The van der Waals surface area contributed by atoms with Crippen molar-refractivity contribution in [3.63, 3.8) is 0 Å². The fraction of sp³-hybridized carbons (Fsp3) is 0.533. The number of hydrogen-bond acceptors (Lipinski definition) is 4. The highest BCUT2D eigenvalue weighted by molar-refractivity contribution is 7.92. The second-order valence-electron chi connectivity index (χ2n) is 5.35. The number of aryl methyl sites for hydroxylation is 1. The van der Waals surface area contributed by atoms with E-state index in [0.29, 0.717) is 0 Å². The van der Waals surface area contributed by atoms with E-state index < -0.39 is 20.5 Å². The molecule has 0 bridgehead atoms. The number of methoxy groups -OCH3 is 1. The Morgan fingerprint density at radius 3 is 2.40 bits per heavy atom. The molecule has 1 aliphatic rings. The summed E-state index contributed by atoms with van der Waals surface area (Å²) in [6, 6.07) is 9.91. The summed E-state index contributed by atoms with van der Waals surface area (Å²) in [5, 5.41) is 8.85. The van der Waals surface area contributed by atoms with Crippen LogP contribution in [0.15, 0.2) is 24.3 Å². The predicted molar refractivity (Wildman–Crippen MR) is 77.1 cm³/mol. The number of ether oxygens (including phenoxy) is 1. The zero-order chi connectivity index (χ0) is 15.0. The Kier molecular flexibility index (Phi) is 3.90. The first kappa shape index (κ1) is 15.0. The summed E-state index contributed by atoms with van der Waals surface area (Å²) < 4.78 is 29.6. The van der Waals surface area contributed by atoms with Crippen molar-refractivity contribution in [2.45, 2.75) is 25.0 Å². The standard InChI is InChI=1S/C15H19NO3S/c1-4-20(17,18)14-13(15(14,9-16)10-19-3)12-7-5-11(2)6-8-12/h5-8,13-14H,4,10H2,1-3H3. The maximum atomic E-state index is 12.3. The second kappa shape index (κ2) is 5.19. The molecule has 0 spiro atoms. The summed E-state index contributed by atoms with van der Waals surface area (Å²) in [5.41, 5.74) is 1.06. The van der Waals surface area contributed by atoms with E-state index in [2.05, 4.69) is 6.07 Å². The largest absolute Gasteiger partial charge is 0.383 e. The molecule has 108 valence electrons. The van der Waals surface area contributed by atoms with Crippen LogP contribution in [-0.4, -0.2) is 33.1 Å². The normalized spacial score (nSPS) is 28.9. The molecule has 5 heteroatoms. The predicted octanol–water partition coefficient (Wildman–Crippen LogP) is 2.05. The summed E-state index contributed by atoms with van der Waals surface area (Å²) in [4.78, 5) is 0. The van der Waals surface area contributed by atoms with Gasteiger partial charge in [0.25, 0.3) is 0 Å². The lowest BCUT2D eigenvalue weighted by Gasteiger charge is -2.07. The van der Waals surface area contributed by atoms with Gasteiger partial charge in [-0.15, -0.1) is 0 Å². The van der Waals surface area contributed by atoms with E-state index in [9.17, 15) is 13.7 Å². The average Bonchev–Trinajstić information content (AvgIpc) is 3.10. The van der Waals surface area contributed by atoms with E-state index in [1.54, 1.807) is 6.92 Å². The molecule has 1 fully saturated rings. The van der Waals surface area contributed by atoms with Crippen molar-refractivity contribution in [2.75, 3.05) is 19.5 Å². The highest BCUT2D eigenvalue weighted by atomic mass is 32.2. The molecule has 1 aliphatic carbocycles. The van der Waals surface area contributed by atoms with Gasteiger partial charge in [-0.25, -0.2) is 8.42 Å². The lowest BCUT2D eigenvalue weighted by molar-refractivity contribution is 0.162. The minimum atomic E-state index is -3.28. The SMILES string of the molecule is CCS(=O)(=O)C1C(c2ccc(C)cc2)C1(C#N)COC. The van der Waals surface area contributed by atoms with Crippen LogP contribution in [0.5, 0.6) is 0 Å². The highest BCUT2D eigenvalue weighted by Gasteiger charge is 2.71. The van der Waals surface area contributed by atoms with Crippen molar-refractivity contribution in [2.24, 2.45) is 5.41 Å². The van der Waals surface area contributed by atoms with Gasteiger partial charge in [0.15, 0.2) is 9.84 Å². The first-order valence-electron chi connectivity index (χ1n) is 6.61. The topological polar surface area (TPSA) is 67.2 Å². The molecule has 2 rings (SSSR count). The van der Waals surface area contributed by atoms with Gasteiger partial charge in [0.05, 0.1) is 17.9 Å². The second-order valence-corrected chi connectivity index (χ2v) is 7.76. The van der Waals surface area contributed by atoms with Crippen molar-refractivity contribution >= 4 is 9.84 Å². The third-order valence-electron chi connectivity index (χ3n) is 4.07. The molecule has 0 heterocycles. The number of rotatable bonds is 5. The lowest BCUT2D eigenvalue weighted by Crippen LogP contribution is -2.20. The molecule has 0 aliphatic heterocycles. The molecule has 1 aromatic rings. The smallest absolute Gasteiger partial charge is 0.155 e. The summed E-state index contributed by atoms with van der Waals surface area (Å²) in [6.07, 6.45) is 0. The molecule has 1 saturated carbocycles. The van der Waals surface area contributed by atoms with E-state index in [4.69, 9.17) is 4.74 Å². The van der Waals surface area contributed by atoms with Crippen molar-refractivity contribution in [1.82, 2.24) is 0 Å². The Labute approximate surface area is 120 Å². The minimum absolute atomic E-state index is 0.0488. The van der Waals surface area contributed by atoms with Gasteiger partial charge in [0.2, 0.25) is 0 Å². The van der Waals surface area contributed by atoms with Gasteiger partial charge >= 0.3 is 0 Å². The zero-order valence-electron chi connectivity index (χ0n) is 12.0. The fourth-order valence-corrected chi connectivity index (χ4v) is 4.94. The van der Waals surface area contributed by atoms with E-state index in [1.807, 2.05) is 31.2 Å². The maximum absolute atomic E-state index is 12.3. The zero-order valence-corrected chi connectivity index (χ0v) is 12.8. The Bertz CT molecular complexity index is 630. The first-order chi connectivity index (χ1) is 9.43. The van der Waals surface area contributed by atoms with Gasteiger partial charge in [-0.1, -0.05) is 36.8 Å². The van der Waals surface area contributed by atoms with Gasteiger partial charge in [-0.05, 0) is 12.5 Å². The molecule has 0 radical (unpaired) electrons. The van der Waals surface area contributed by atoms with E-state index in [-0.39, 0.29) is 18.3 Å². The van der Waals surface area contributed by atoms with E-state index >= 15 is 0 Å². The van der Waals surface area contributed by atoms with Crippen LogP contribution in [0.2, 0.25) is 0 Å². The Morgan fingerprint density at radius 1 is 1.35 bits per heavy atom. The minimum Gasteiger partial charge on any atom is -0.383 e. The Hall–Kier alpha value is -1.38. The van der Waals surface area contributed by atoms with Gasteiger partial charge in [0, 0.05) is 18.8 Å². The number of nitrogens with zero attached hydrogens (tertiary/aromatic N) is 1. The average molecular weight is 293 g/mol. The molecule has 3 unspecified atom stereocenters. The molecule has 0 N–H and O–H groups in total. The number of benzene rings is 1. The van der Waals surface area contributed by atoms with Crippen LogP contribution in [-0.2, 0) is 14.6 Å². The first-order valence-corrected chi connectivity index (χ1v) is 8.33. The molecule has 0 amide bonds. The molecule has 1 aromatic carbocycles. The third kappa shape index (κ3) is 2.23. The van der Waals surface area contributed by atoms with Crippen molar-refractivity contribution in [3.05, 3.63) is 35.4 Å².